The van der Waals surface area contributed by atoms with E-state index in [1.807, 2.05) is 6.07 Å². The second kappa shape index (κ2) is 11.3. The van der Waals surface area contributed by atoms with Crippen LogP contribution in [0.25, 0.3) is 0 Å². The molecule has 0 bridgehead atoms. The fourth-order valence-corrected chi connectivity index (χ4v) is 6.02. The second-order valence-electron chi connectivity index (χ2n) is 7.96. The summed E-state index contributed by atoms with van der Waals surface area (Å²) >= 11 is 25.6. The first-order valence-corrected chi connectivity index (χ1v) is 13.2. The standard InChI is InChI=1S/C23H23Cl3N4O2S2/c1-32-22(31)19-14-6-4-2-3-5-7-18(14)34-21(19)28-23(33)27-20-17(26)12-30(29-20)11-13-8-9-15(24)16(25)10-13/h8-10,12H,2-7,11H2,1H3,(H2,27,28,29,33). The molecule has 0 spiro atoms. The number of aryl methyl sites for hydroxylation is 1. The molecule has 0 amide bonds. The van der Waals surface area contributed by atoms with Crippen LogP contribution in [-0.4, -0.2) is 28.0 Å². The lowest BCUT2D eigenvalue weighted by Crippen LogP contribution is -2.21. The second-order valence-corrected chi connectivity index (χ2v) is 10.7. The number of carbonyl (C=O) groups excluding carboxylic acids is 1. The van der Waals surface area contributed by atoms with E-state index in [1.165, 1.54) is 24.8 Å². The van der Waals surface area contributed by atoms with Gasteiger partial charge in [0.2, 0.25) is 0 Å². The highest BCUT2D eigenvalue weighted by Gasteiger charge is 2.25. The molecular weight excluding hydrogens is 535 g/mol. The van der Waals surface area contributed by atoms with Gasteiger partial charge in [-0.25, -0.2) is 4.79 Å². The highest BCUT2D eigenvalue weighted by atomic mass is 35.5. The summed E-state index contributed by atoms with van der Waals surface area (Å²) in [4.78, 5) is 13.8. The highest BCUT2D eigenvalue weighted by Crippen LogP contribution is 2.37. The minimum atomic E-state index is -0.354. The molecule has 0 radical (unpaired) electrons. The van der Waals surface area contributed by atoms with Crippen LogP contribution in [-0.2, 0) is 24.1 Å². The van der Waals surface area contributed by atoms with Crippen molar-refractivity contribution in [1.82, 2.24) is 9.78 Å². The largest absolute Gasteiger partial charge is 0.465 e. The number of thiocarbonyl (C=S) groups is 1. The summed E-state index contributed by atoms with van der Waals surface area (Å²) in [6, 6.07) is 5.41. The lowest BCUT2D eigenvalue weighted by Gasteiger charge is -2.11. The maximum absolute atomic E-state index is 12.6. The summed E-state index contributed by atoms with van der Waals surface area (Å²) in [5, 5.41) is 13.1. The maximum Gasteiger partial charge on any atom is 0.341 e. The van der Waals surface area contributed by atoms with E-state index in [-0.39, 0.29) is 5.97 Å². The molecule has 2 N–H and O–H groups in total. The third kappa shape index (κ3) is 5.86. The Hall–Kier alpha value is -1.84. The molecule has 0 fully saturated rings. The molecule has 1 aromatic carbocycles. The van der Waals surface area contributed by atoms with Gasteiger partial charge in [0.1, 0.15) is 10.0 Å². The van der Waals surface area contributed by atoms with Crippen molar-refractivity contribution in [3.05, 3.63) is 61.0 Å². The fraction of sp³-hybridized carbons (Fsp3) is 0.348. The smallest absolute Gasteiger partial charge is 0.341 e. The van der Waals surface area contributed by atoms with Gasteiger partial charge in [0.25, 0.3) is 0 Å². The predicted octanol–water partition coefficient (Wildman–Crippen LogP) is 7.21. The van der Waals surface area contributed by atoms with Crippen molar-refractivity contribution in [1.29, 1.82) is 0 Å². The van der Waals surface area contributed by atoms with Crippen LogP contribution >= 0.6 is 58.4 Å². The minimum absolute atomic E-state index is 0.293. The summed E-state index contributed by atoms with van der Waals surface area (Å²) in [6.07, 6.45) is 8.06. The van der Waals surface area contributed by atoms with Gasteiger partial charge in [0.05, 0.1) is 29.3 Å². The SMILES string of the molecule is COC(=O)c1c(NC(=S)Nc2nn(Cc3ccc(Cl)c(Cl)c3)cc2Cl)sc2c1CCCCCC2. The van der Waals surface area contributed by atoms with E-state index >= 15 is 0 Å². The van der Waals surface area contributed by atoms with Crippen molar-refractivity contribution in [2.45, 2.75) is 45.1 Å². The zero-order chi connectivity index (χ0) is 24.2. The molecule has 0 saturated carbocycles. The van der Waals surface area contributed by atoms with Gasteiger partial charge in [-0.3, -0.25) is 4.68 Å². The number of anilines is 2. The van der Waals surface area contributed by atoms with Crippen LogP contribution in [0.4, 0.5) is 10.8 Å². The molecule has 0 unspecified atom stereocenters. The molecule has 34 heavy (non-hydrogen) atoms. The van der Waals surface area contributed by atoms with Crippen molar-refractivity contribution >= 4 is 80.3 Å². The molecule has 2 heterocycles. The number of carbonyl (C=O) groups is 1. The number of hydrogen-bond donors (Lipinski definition) is 2. The first kappa shape index (κ1) is 25.3. The molecule has 6 nitrogen and oxygen atoms in total. The van der Waals surface area contributed by atoms with Gasteiger partial charge >= 0.3 is 5.97 Å². The zero-order valence-electron chi connectivity index (χ0n) is 18.4. The van der Waals surface area contributed by atoms with E-state index in [2.05, 4.69) is 15.7 Å². The number of ether oxygens (including phenoxy) is 1. The van der Waals surface area contributed by atoms with E-state index in [0.717, 1.165) is 36.8 Å². The normalized spacial score (nSPS) is 13.5. The summed E-state index contributed by atoms with van der Waals surface area (Å²) < 4.78 is 6.76. The van der Waals surface area contributed by atoms with Crippen LogP contribution < -0.4 is 10.6 Å². The number of fused-ring (bicyclic) bond motifs is 1. The Morgan fingerprint density at radius 2 is 1.88 bits per heavy atom. The summed E-state index contributed by atoms with van der Waals surface area (Å²) in [5.74, 6) is 0.0565. The Kier molecular flexibility index (Phi) is 8.37. The number of hydrogen-bond acceptors (Lipinski definition) is 5. The Bertz CT molecular complexity index is 1230. The van der Waals surface area contributed by atoms with E-state index < -0.39 is 0 Å². The maximum atomic E-state index is 12.6. The van der Waals surface area contributed by atoms with Gasteiger partial charge in [-0.2, -0.15) is 5.10 Å². The number of halogens is 3. The molecule has 0 aliphatic heterocycles. The van der Waals surface area contributed by atoms with Crippen LogP contribution in [0.15, 0.2) is 24.4 Å². The number of thiophene rings is 1. The summed E-state index contributed by atoms with van der Waals surface area (Å²) in [7, 11) is 1.40. The Labute approximate surface area is 222 Å². The molecule has 4 rings (SSSR count). The molecule has 1 aliphatic carbocycles. The van der Waals surface area contributed by atoms with Crippen LogP contribution in [0.2, 0.25) is 15.1 Å². The number of benzene rings is 1. The van der Waals surface area contributed by atoms with Gasteiger partial charge < -0.3 is 15.4 Å². The van der Waals surface area contributed by atoms with Gasteiger partial charge in [-0.1, -0.05) is 53.7 Å². The van der Waals surface area contributed by atoms with Gasteiger partial charge in [0.15, 0.2) is 10.9 Å². The first-order chi connectivity index (χ1) is 16.4. The number of rotatable bonds is 5. The van der Waals surface area contributed by atoms with Crippen LogP contribution in [0.5, 0.6) is 0 Å². The number of aromatic nitrogens is 2. The van der Waals surface area contributed by atoms with Crippen molar-refractivity contribution in [2.24, 2.45) is 0 Å². The monoisotopic (exact) mass is 556 g/mol. The molecule has 0 saturated heterocycles. The number of nitrogens with zero attached hydrogens (tertiary/aromatic N) is 2. The van der Waals surface area contributed by atoms with Crippen molar-refractivity contribution in [3.8, 4) is 0 Å². The van der Waals surface area contributed by atoms with Gasteiger partial charge in [0, 0.05) is 11.1 Å². The van der Waals surface area contributed by atoms with Crippen LogP contribution in [0.3, 0.4) is 0 Å². The Balaban J connectivity index is 1.50. The van der Waals surface area contributed by atoms with Crippen molar-refractivity contribution < 1.29 is 9.53 Å². The molecular formula is C23H23Cl3N4O2S2. The number of methoxy groups -OCH3 is 1. The lowest BCUT2D eigenvalue weighted by atomic mass is 9.96. The zero-order valence-corrected chi connectivity index (χ0v) is 22.3. The highest BCUT2D eigenvalue weighted by molar-refractivity contribution is 7.80. The third-order valence-corrected chi connectivity index (χ3v) is 7.99. The van der Waals surface area contributed by atoms with Crippen molar-refractivity contribution in [3.63, 3.8) is 0 Å². The predicted molar refractivity (Wildman–Crippen MR) is 144 cm³/mol. The lowest BCUT2D eigenvalue weighted by molar-refractivity contribution is 0.0601. The number of esters is 1. The fourth-order valence-electron chi connectivity index (χ4n) is 3.96. The Morgan fingerprint density at radius 1 is 1.12 bits per heavy atom. The van der Waals surface area contributed by atoms with Crippen molar-refractivity contribution in [2.75, 3.05) is 17.7 Å². The molecule has 2 aromatic heterocycles. The number of nitrogens with one attached hydrogen (secondary N) is 2. The quantitative estimate of drug-likeness (QED) is 0.255. The first-order valence-electron chi connectivity index (χ1n) is 10.8. The average Bonchev–Trinajstić information content (AvgIpc) is 3.28. The van der Waals surface area contributed by atoms with E-state index in [9.17, 15) is 4.79 Å². The molecule has 1 aliphatic rings. The van der Waals surface area contributed by atoms with E-state index in [1.54, 1.807) is 34.3 Å². The summed E-state index contributed by atoms with van der Waals surface area (Å²) in [5.41, 5.74) is 2.58. The van der Waals surface area contributed by atoms with Crippen LogP contribution in [0, 0.1) is 0 Å². The summed E-state index contributed by atoms with van der Waals surface area (Å²) in [6.45, 7) is 0.461. The molecule has 180 valence electrons. The van der Waals surface area contributed by atoms with E-state index in [4.69, 9.17) is 51.8 Å². The van der Waals surface area contributed by atoms with Gasteiger partial charge in [-0.05, 0) is 61.2 Å². The molecule has 3 aromatic rings. The topological polar surface area (TPSA) is 68.2 Å². The molecule has 11 heteroatoms. The third-order valence-electron chi connectivity index (χ3n) is 5.57. The average molecular weight is 558 g/mol. The molecule has 0 atom stereocenters. The Morgan fingerprint density at radius 3 is 2.62 bits per heavy atom. The van der Waals surface area contributed by atoms with E-state index in [0.29, 0.717) is 43.1 Å². The van der Waals surface area contributed by atoms with Crippen LogP contribution in [0.1, 0.15) is 52.0 Å². The van der Waals surface area contributed by atoms with Gasteiger partial charge in [-0.15, -0.1) is 11.3 Å². The minimum Gasteiger partial charge on any atom is -0.465 e.